The van der Waals surface area contributed by atoms with Gasteiger partial charge in [-0.3, -0.25) is 9.59 Å². The van der Waals surface area contributed by atoms with Crippen molar-refractivity contribution in [2.75, 3.05) is 18.8 Å². The quantitative estimate of drug-likeness (QED) is 0.625. The van der Waals surface area contributed by atoms with E-state index in [2.05, 4.69) is 0 Å². The van der Waals surface area contributed by atoms with Gasteiger partial charge in [0.15, 0.2) is 0 Å². The molecule has 0 aliphatic carbocycles. The molecule has 2 aromatic rings. The van der Waals surface area contributed by atoms with Gasteiger partial charge in [0.1, 0.15) is 18.7 Å². The third-order valence-corrected chi connectivity index (χ3v) is 4.96. The maximum atomic E-state index is 11.9. The molecule has 1 aromatic carbocycles. The molecule has 0 spiro atoms. The fourth-order valence-electron chi connectivity index (χ4n) is 2.57. The molecule has 126 valence electrons. The Morgan fingerprint density at radius 1 is 1.33 bits per heavy atom. The van der Waals surface area contributed by atoms with Gasteiger partial charge in [0.05, 0.1) is 0 Å². The van der Waals surface area contributed by atoms with Crippen molar-refractivity contribution in [3.05, 3.63) is 45.3 Å². The molecule has 3 rings (SSSR count). The lowest BCUT2D eigenvalue weighted by atomic mass is 10.0. The summed E-state index contributed by atoms with van der Waals surface area (Å²) in [5, 5.41) is 0.641. The zero-order chi connectivity index (χ0) is 17.3. The van der Waals surface area contributed by atoms with Crippen LogP contribution in [0.5, 0.6) is 0 Å². The number of hydrogen-bond acceptors (Lipinski definition) is 6. The molecule has 0 radical (unpaired) electrons. The van der Waals surface area contributed by atoms with E-state index in [1.165, 1.54) is 22.7 Å². The Bertz CT molecular complexity index is 873. The third kappa shape index (κ3) is 3.31. The molecule has 2 heterocycles. The van der Waals surface area contributed by atoms with Gasteiger partial charge < -0.3 is 14.1 Å². The van der Waals surface area contributed by atoms with Crippen molar-refractivity contribution in [1.82, 2.24) is 4.90 Å². The summed E-state index contributed by atoms with van der Waals surface area (Å²) in [5.74, 6) is 0.200. The molecule has 0 atom stereocenters. The zero-order valence-corrected chi connectivity index (χ0v) is 14.3. The Morgan fingerprint density at radius 3 is 2.83 bits per heavy atom. The van der Waals surface area contributed by atoms with Crippen LogP contribution in [0.1, 0.15) is 16.7 Å². The second-order valence-corrected chi connectivity index (χ2v) is 6.72. The predicted molar refractivity (Wildman–Crippen MR) is 91.2 cm³/mol. The van der Waals surface area contributed by atoms with E-state index in [1.54, 1.807) is 0 Å². The highest BCUT2D eigenvalue weighted by Crippen LogP contribution is 2.24. The first-order chi connectivity index (χ1) is 11.5. The van der Waals surface area contributed by atoms with Gasteiger partial charge in [-0.2, -0.15) is 0 Å². The molecule has 1 amide bonds. The fraction of sp³-hybridized carbons (Fsp3) is 0.353. The van der Waals surface area contributed by atoms with Gasteiger partial charge in [-0.15, -0.1) is 0 Å². The first-order valence-electron chi connectivity index (χ1n) is 7.56. The minimum Gasteiger partial charge on any atom is -0.459 e. The number of carbonyl (C=O) groups excluding carboxylic acids is 2. The average molecular weight is 347 g/mol. The van der Waals surface area contributed by atoms with Crippen LogP contribution in [-0.4, -0.2) is 35.0 Å². The van der Waals surface area contributed by atoms with E-state index in [-0.39, 0.29) is 18.4 Å². The Hall–Kier alpha value is -2.28. The summed E-state index contributed by atoms with van der Waals surface area (Å²) in [4.78, 5) is 36.7. The number of esters is 1. The second kappa shape index (κ2) is 6.68. The van der Waals surface area contributed by atoms with Crippen LogP contribution >= 0.6 is 11.8 Å². The van der Waals surface area contributed by atoms with Gasteiger partial charge >= 0.3 is 11.6 Å². The highest BCUT2D eigenvalue weighted by molar-refractivity contribution is 8.13. The van der Waals surface area contributed by atoms with Gasteiger partial charge in [0.25, 0.3) is 5.24 Å². The highest BCUT2D eigenvalue weighted by atomic mass is 32.2. The van der Waals surface area contributed by atoms with Crippen molar-refractivity contribution in [2.45, 2.75) is 20.5 Å². The second-order valence-electron chi connectivity index (χ2n) is 5.67. The van der Waals surface area contributed by atoms with Crippen LogP contribution < -0.4 is 5.63 Å². The maximum Gasteiger partial charge on any atom is 0.336 e. The number of benzene rings is 1. The Labute approximate surface area is 142 Å². The van der Waals surface area contributed by atoms with Crippen LogP contribution in [0.4, 0.5) is 4.79 Å². The van der Waals surface area contributed by atoms with Crippen LogP contribution in [0.3, 0.4) is 0 Å². The van der Waals surface area contributed by atoms with Crippen molar-refractivity contribution in [2.24, 2.45) is 0 Å². The summed E-state index contributed by atoms with van der Waals surface area (Å²) < 4.78 is 10.5. The van der Waals surface area contributed by atoms with Gasteiger partial charge in [0, 0.05) is 29.3 Å². The molecule has 1 fully saturated rings. The van der Waals surface area contributed by atoms with Gasteiger partial charge in [-0.05, 0) is 25.0 Å². The summed E-state index contributed by atoms with van der Waals surface area (Å²) in [6, 6.07) is 5.12. The van der Waals surface area contributed by atoms with Crippen molar-refractivity contribution in [3.8, 4) is 0 Å². The smallest absolute Gasteiger partial charge is 0.336 e. The third-order valence-electron chi connectivity index (χ3n) is 4.07. The van der Waals surface area contributed by atoms with Gasteiger partial charge in [-0.1, -0.05) is 23.9 Å². The molecule has 0 saturated carbocycles. The number of aryl methyl sites for hydroxylation is 2. The van der Waals surface area contributed by atoms with E-state index in [9.17, 15) is 14.4 Å². The van der Waals surface area contributed by atoms with E-state index in [4.69, 9.17) is 9.15 Å². The first kappa shape index (κ1) is 16.6. The standard InChI is InChI=1S/C17H17NO5S/c1-10-3-4-13-12(7-14(19)23-16(13)11(10)2)9-22-15(20)8-18-5-6-24-17(18)21/h3-4,7H,5-6,8-9H2,1-2H3. The lowest BCUT2D eigenvalue weighted by Crippen LogP contribution is -2.30. The molecule has 1 aromatic heterocycles. The first-order valence-corrected chi connectivity index (χ1v) is 8.54. The molecule has 0 N–H and O–H groups in total. The SMILES string of the molecule is Cc1ccc2c(COC(=O)CN3CCSC3=O)cc(=O)oc2c1C. The van der Waals surface area contributed by atoms with Crippen molar-refractivity contribution in [3.63, 3.8) is 0 Å². The Balaban J connectivity index is 1.78. The summed E-state index contributed by atoms with van der Waals surface area (Å²) >= 11 is 1.19. The number of amides is 1. The molecule has 6 nitrogen and oxygen atoms in total. The van der Waals surface area contributed by atoms with Gasteiger partial charge in [-0.25, -0.2) is 4.79 Å². The largest absolute Gasteiger partial charge is 0.459 e. The molecular weight excluding hydrogens is 330 g/mol. The van der Waals surface area contributed by atoms with Crippen LogP contribution in [0.2, 0.25) is 0 Å². The topological polar surface area (TPSA) is 76.8 Å². The van der Waals surface area contributed by atoms with E-state index >= 15 is 0 Å². The van der Waals surface area contributed by atoms with Crippen LogP contribution in [0, 0.1) is 13.8 Å². The minimum atomic E-state index is -0.490. The van der Waals surface area contributed by atoms with Crippen LogP contribution in [0.25, 0.3) is 11.0 Å². The summed E-state index contributed by atoms with van der Waals surface area (Å²) in [5.41, 5.74) is 2.54. The van der Waals surface area contributed by atoms with Crippen LogP contribution in [0.15, 0.2) is 27.4 Å². The molecule has 0 bridgehead atoms. The molecule has 0 unspecified atom stereocenters. The summed E-state index contributed by atoms with van der Waals surface area (Å²) in [6.45, 7) is 4.27. The normalized spacial score (nSPS) is 14.4. The number of carbonyl (C=O) groups is 2. The predicted octanol–water partition coefficient (Wildman–Crippen LogP) is 2.62. The molecular formula is C17H17NO5S. The number of fused-ring (bicyclic) bond motifs is 1. The lowest BCUT2D eigenvalue weighted by Gasteiger charge is -2.14. The Morgan fingerprint density at radius 2 is 2.12 bits per heavy atom. The summed E-state index contributed by atoms with van der Waals surface area (Å²) in [6.07, 6.45) is 0. The molecule has 1 saturated heterocycles. The fourth-order valence-corrected chi connectivity index (χ4v) is 3.40. The molecule has 1 aliphatic heterocycles. The van der Waals surface area contributed by atoms with Crippen molar-refractivity contribution < 1.29 is 18.7 Å². The van der Waals surface area contributed by atoms with E-state index < -0.39 is 11.6 Å². The highest BCUT2D eigenvalue weighted by Gasteiger charge is 2.24. The van der Waals surface area contributed by atoms with E-state index in [1.807, 2.05) is 26.0 Å². The monoisotopic (exact) mass is 347 g/mol. The zero-order valence-electron chi connectivity index (χ0n) is 13.5. The number of hydrogen-bond donors (Lipinski definition) is 0. The Kier molecular flexibility index (Phi) is 4.62. The lowest BCUT2D eigenvalue weighted by molar-refractivity contribution is -0.145. The molecule has 1 aliphatic rings. The average Bonchev–Trinajstić information content (AvgIpc) is 2.94. The number of rotatable bonds is 4. The molecule has 7 heteroatoms. The molecule has 24 heavy (non-hydrogen) atoms. The van der Waals surface area contributed by atoms with Crippen LogP contribution in [-0.2, 0) is 16.1 Å². The number of thioether (sulfide) groups is 1. The number of ether oxygens (including phenoxy) is 1. The van der Waals surface area contributed by atoms with Gasteiger partial charge in [0.2, 0.25) is 0 Å². The minimum absolute atomic E-state index is 0.0292. The van der Waals surface area contributed by atoms with E-state index in [0.29, 0.717) is 23.4 Å². The van der Waals surface area contributed by atoms with E-state index in [0.717, 1.165) is 16.5 Å². The maximum absolute atomic E-state index is 11.9. The van der Waals surface area contributed by atoms with Crippen molar-refractivity contribution in [1.29, 1.82) is 0 Å². The van der Waals surface area contributed by atoms with Crippen molar-refractivity contribution >= 4 is 33.9 Å². The number of nitrogens with zero attached hydrogens (tertiary/aromatic N) is 1. The summed E-state index contributed by atoms with van der Waals surface area (Å²) in [7, 11) is 0.